The summed E-state index contributed by atoms with van der Waals surface area (Å²) >= 11 is 0. The maximum Gasteiger partial charge on any atom is 0.304 e. The average molecular weight is 292 g/mol. The van der Waals surface area contributed by atoms with Crippen molar-refractivity contribution in [3.05, 3.63) is 20.2 Å². The smallest absolute Gasteiger partial charge is 0.304 e. The molecule has 0 aromatic carbocycles. The van der Waals surface area contributed by atoms with Gasteiger partial charge < -0.3 is 9.47 Å². The SMILES string of the molecule is CC(=O)O[C@H]1[C@H](OC(C)=O)N([N+](=O)[O-])CCN1[N+](=O)[O-]. The lowest BCUT2D eigenvalue weighted by Crippen LogP contribution is -2.64. The van der Waals surface area contributed by atoms with Gasteiger partial charge in [-0.25, -0.2) is 20.2 Å². The Bertz CT molecular complexity index is 400. The molecule has 1 aliphatic rings. The Morgan fingerprint density at radius 1 is 0.950 bits per heavy atom. The van der Waals surface area contributed by atoms with Crippen LogP contribution in [0, 0.1) is 20.2 Å². The quantitative estimate of drug-likeness (QED) is 0.350. The molecule has 0 radical (unpaired) electrons. The van der Waals surface area contributed by atoms with Crippen LogP contribution >= 0.6 is 0 Å². The van der Waals surface area contributed by atoms with Gasteiger partial charge in [0.05, 0.1) is 0 Å². The van der Waals surface area contributed by atoms with Gasteiger partial charge in [0.2, 0.25) is 0 Å². The first-order valence-electron chi connectivity index (χ1n) is 5.40. The molecule has 0 spiro atoms. The van der Waals surface area contributed by atoms with E-state index in [1.54, 1.807) is 0 Å². The van der Waals surface area contributed by atoms with Crippen molar-refractivity contribution in [1.29, 1.82) is 0 Å². The van der Waals surface area contributed by atoms with E-state index >= 15 is 0 Å². The number of ether oxygens (including phenoxy) is 2. The minimum atomic E-state index is -1.70. The summed E-state index contributed by atoms with van der Waals surface area (Å²) in [6, 6.07) is 0. The van der Waals surface area contributed by atoms with E-state index in [0.29, 0.717) is 10.0 Å². The lowest BCUT2D eigenvalue weighted by molar-refractivity contribution is -0.725. The largest absolute Gasteiger partial charge is 0.430 e. The second-order valence-electron chi connectivity index (χ2n) is 3.80. The normalized spacial score (nSPS) is 22.1. The van der Waals surface area contributed by atoms with Crippen molar-refractivity contribution in [3.63, 3.8) is 0 Å². The molecule has 1 saturated heterocycles. The van der Waals surface area contributed by atoms with Gasteiger partial charge in [0.15, 0.2) is 10.1 Å². The lowest BCUT2D eigenvalue weighted by atomic mass is 10.3. The summed E-state index contributed by atoms with van der Waals surface area (Å²) in [6.45, 7) is 1.22. The number of rotatable bonds is 4. The van der Waals surface area contributed by atoms with Crippen molar-refractivity contribution in [2.24, 2.45) is 0 Å². The van der Waals surface area contributed by atoms with Gasteiger partial charge in [0.1, 0.15) is 13.1 Å². The molecular formula is C8H12N4O8. The minimum absolute atomic E-state index is 0.371. The molecule has 0 saturated carbocycles. The first-order valence-corrected chi connectivity index (χ1v) is 5.40. The van der Waals surface area contributed by atoms with Gasteiger partial charge in [-0.15, -0.1) is 0 Å². The molecule has 12 heteroatoms. The van der Waals surface area contributed by atoms with E-state index in [4.69, 9.17) is 0 Å². The maximum absolute atomic E-state index is 11.0. The number of hydrogen-bond donors (Lipinski definition) is 0. The second kappa shape index (κ2) is 5.99. The van der Waals surface area contributed by atoms with Crippen LogP contribution in [-0.2, 0) is 19.1 Å². The zero-order valence-corrected chi connectivity index (χ0v) is 10.6. The molecule has 0 aromatic heterocycles. The number of nitrogens with zero attached hydrogens (tertiary/aromatic N) is 4. The minimum Gasteiger partial charge on any atom is -0.430 e. The van der Waals surface area contributed by atoms with Gasteiger partial charge in [0.25, 0.3) is 12.5 Å². The summed E-state index contributed by atoms with van der Waals surface area (Å²) in [4.78, 5) is 43.7. The third-order valence-corrected chi connectivity index (χ3v) is 2.38. The van der Waals surface area contributed by atoms with E-state index in [1.165, 1.54) is 0 Å². The number of esters is 2. The predicted molar refractivity (Wildman–Crippen MR) is 58.5 cm³/mol. The van der Waals surface area contributed by atoms with Crippen LogP contribution in [0.1, 0.15) is 13.8 Å². The fourth-order valence-corrected chi connectivity index (χ4v) is 1.68. The monoisotopic (exact) mass is 292 g/mol. The van der Waals surface area contributed by atoms with Crippen LogP contribution in [0.3, 0.4) is 0 Å². The zero-order valence-electron chi connectivity index (χ0n) is 10.6. The highest BCUT2D eigenvalue weighted by Gasteiger charge is 2.51. The molecule has 1 aliphatic heterocycles. The molecule has 20 heavy (non-hydrogen) atoms. The van der Waals surface area contributed by atoms with E-state index in [2.05, 4.69) is 9.47 Å². The van der Waals surface area contributed by atoms with Crippen LogP contribution in [-0.4, -0.2) is 57.6 Å². The molecule has 0 aliphatic carbocycles. The highest BCUT2D eigenvalue weighted by molar-refractivity contribution is 5.67. The fourth-order valence-electron chi connectivity index (χ4n) is 1.68. The van der Waals surface area contributed by atoms with E-state index in [1.807, 2.05) is 0 Å². The van der Waals surface area contributed by atoms with E-state index < -0.39 is 34.5 Å². The summed E-state index contributed by atoms with van der Waals surface area (Å²) in [5, 5.41) is 20.9. The van der Waals surface area contributed by atoms with Crippen molar-refractivity contribution < 1.29 is 29.1 Å². The Morgan fingerprint density at radius 3 is 1.45 bits per heavy atom. The molecule has 1 rings (SSSR count). The average Bonchev–Trinajstić information content (AvgIpc) is 2.28. The molecular weight excluding hydrogens is 280 g/mol. The van der Waals surface area contributed by atoms with Crippen molar-refractivity contribution in [1.82, 2.24) is 10.0 Å². The highest BCUT2D eigenvalue weighted by Crippen LogP contribution is 2.20. The molecule has 0 unspecified atom stereocenters. The van der Waals surface area contributed by atoms with Crippen LogP contribution in [0.25, 0.3) is 0 Å². The molecule has 12 nitrogen and oxygen atoms in total. The summed E-state index contributed by atoms with van der Waals surface area (Å²) in [7, 11) is 0. The summed E-state index contributed by atoms with van der Waals surface area (Å²) in [6.07, 6.45) is -3.41. The second-order valence-corrected chi connectivity index (χ2v) is 3.80. The third-order valence-electron chi connectivity index (χ3n) is 2.38. The van der Waals surface area contributed by atoms with Crippen LogP contribution in [0.15, 0.2) is 0 Å². The van der Waals surface area contributed by atoms with Crippen LogP contribution in [0.5, 0.6) is 0 Å². The van der Waals surface area contributed by atoms with Crippen molar-refractivity contribution >= 4 is 11.9 Å². The number of carbonyl (C=O) groups is 2. The van der Waals surface area contributed by atoms with Gasteiger partial charge in [-0.2, -0.15) is 0 Å². The maximum atomic E-state index is 11.0. The molecule has 0 aromatic rings. The number of piperazine rings is 1. The van der Waals surface area contributed by atoms with Crippen LogP contribution in [0.2, 0.25) is 0 Å². The van der Waals surface area contributed by atoms with Gasteiger partial charge in [0, 0.05) is 13.8 Å². The number of hydrazine groups is 2. The van der Waals surface area contributed by atoms with Crippen LogP contribution in [0.4, 0.5) is 0 Å². The topological polar surface area (TPSA) is 145 Å². The molecule has 0 N–H and O–H groups in total. The fraction of sp³-hybridized carbons (Fsp3) is 0.750. The first kappa shape index (κ1) is 15.4. The molecule has 1 heterocycles. The highest BCUT2D eigenvalue weighted by atomic mass is 16.7. The van der Waals surface area contributed by atoms with Crippen molar-refractivity contribution in [2.75, 3.05) is 13.1 Å². The molecule has 1 fully saturated rings. The van der Waals surface area contributed by atoms with Gasteiger partial charge in [-0.1, -0.05) is 10.0 Å². The van der Waals surface area contributed by atoms with Crippen molar-refractivity contribution in [3.8, 4) is 0 Å². The first-order chi connectivity index (χ1) is 9.23. The van der Waals surface area contributed by atoms with Gasteiger partial charge in [-0.3, -0.25) is 9.59 Å². The Kier molecular flexibility index (Phi) is 4.61. The molecule has 0 amide bonds. The van der Waals surface area contributed by atoms with Crippen molar-refractivity contribution in [2.45, 2.75) is 26.3 Å². The third kappa shape index (κ3) is 3.43. The number of nitro groups is 2. The summed E-state index contributed by atoms with van der Waals surface area (Å²) in [5.74, 6) is -1.80. The summed E-state index contributed by atoms with van der Waals surface area (Å²) in [5.41, 5.74) is 0. The number of hydrogen-bond acceptors (Lipinski definition) is 8. The standard InChI is InChI=1S/C8H12N4O8/c1-5(13)19-7-8(20-6(2)14)10(12(17)18)4-3-9(7)11(15)16/h7-8H,3-4H2,1-2H3/t7-,8-/m0/s1. The Balaban J connectivity index is 3.10. The Labute approximate surface area is 112 Å². The predicted octanol–water partition coefficient (Wildman–Crippen LogP) is -1.23. The van der Waals surface area contributed by atoms with Gasteiger partial charge in [-0.05, 0) is 0 Å². The lowest BCUT2D eigenvalue weighted by Gasteiger charge is -2.36. The molecule has 2 atom stereocenters. The number of carbonyl (C=O) groups excluding carboxylic acids is 2. The van der Waals surface area contributed by atoms with Crippen LogP contribution < -0.4 is 0 Å². The summed E-state index contributed by atoms with van der Waals surface area (Å²) < 4.78 is 9.36. The molecule has 112 valence electrons. The molecule has 0 bridgehead atoms. The van der Waals surface area contributed by atoms with Gasteiger partial charge >= 0.3 is 11.9 Å². The zero-order chi connectivity index (χ0) is 15.4. The Morgan fingerprint density at radius 2 is 1.25 bits per heavy atom. The van der Waals surface area contributed by atoms with E-state index in [0.717, 1.165) is 13.8 Å². The van der Waals surface area contributed by atoms with E-state index in [-0.39, 0.29) is 13.1 Å². The Hall–Kier alpha value is -2.66. The van der Waals surface area contributed by atoms with E-state index in [9.17, 15) is 29.8 Å².